The predicted octanol–water partition coefficient (Wildman–Crippen LogP) is 3.31. The van der Waals surface area contributed by atoms with Crippen molar-refractivity contribution in [2.75, 3.05) is 31.1 Å². The Labute approximate surface area is 138 Å². The summed E-state index contributed by atoms with van der Waals surface area (Å²) in [6, 6.07) is 8.95. The molecule has 2 fully saturated rings. The number of H-pyrrole nitrogens is 1. The van der Waals surface area contributed by atoms with Crippen molar-refractivity contribution in [1.82, 2.24) is 14.9 Å². The molecule has 1 N–H and O–H groups in total. The van der Waals surface area contributed by atoms with Gasteiger partial charge in [-0.1, -0.05) is 18.2 Å². The number of aromatic amines is 1. The second kappa shape index (κ2) is 6.36. The molecule has 1 aromatic heterocycles. The topological polar surface area (TPSA) is 35.2 Å². The molecular formula is C19H26N4. The molecule has 23 heavy (non-hydrogen) atoms. The van der Waals surface area contributed by atoms with Crippen molar-refractivity contribution in [1.29, 1.82) is 0 Å². The van der Waals surface area contributed by atoms with Gasteiger partial charge in [0.05, 0.1) is 0 Å². The lowest BCUT2D eigenvalue weighted by molar-refractivity contribution is 0.326. The van der Waals surface area contributed by atoms with Crippen LogP contribution in [0.4, 0.5) is 5.69 Å². The summed E-state index contributed by atoms with van der Waals surface area (Å²) in [6.45, 7) is 7.84. The Morgan fingerprint density at radius 3 is 2.78 bits per heavy atom. The maximum atomic E-state index is 4.53. The summed E-state index contributed by atoms with van der Waals surface area (Å²) in [5.74, 6) is 1.72. The van der Waals surface area contributed by atoms with Crippen LogP contribution in [0.1, 0.15) is 42.3 Å². The van der Waals surface area contributed by atoms with E-state index < -0.39 is 0 Å². The number of benzene rings is 1. The first-order valence-corrected chi connectivity index (χ1v) is 8.86. The molecule has 0 saturated carbocycles. The van der Waals surface area contributed by atoms with Crippen molar-refractivity contribution >= 4 is 5.69 Å². The smallest absolute Gasteiger partial charge is 0.110 e. The van der Waals surface area contributed by atoms with Crippen LogP contribution in [0.15, 0.2) is 30.5 Å². The van der Waals surface area contributed by atoms with Crippen LogP contribution in [0.5, 0.6) is 0 Å². The van der Waals surface area contributed by atoms with Crippen LogP contribution in [-0.2, 0) is 6.54 Å². The molecule has 2 aromatic rings. The number of hydrogen-bond donors (Lipinski definition) is 1. The summed E-state index contributed by atoms with van der Waals surface area (Å²) in [6.07, 6.45) is 5.81. The lowest BCUT2D eigenvalue weighted by Gasteiger charge is -2.24. The number of anilines is 1. The zero-order valence-corrected chi connectivity index (χ0v) is 14.0. The monoisotopic (exact) mass is 310 g/mol. The molecule has 0 bridgehead atoms. The Balaban J connectivity index is 1.45. The average molecular weight is 310 g/mol. The van der Waals surface area contributed by atoms with E-state index in [9.17, 15) is 0 Å². The SMILES string of the molecule is Cc1cnc(C2CCN(Cc3ccccc3N3CCCC3)C2)[nH]1. The van der Waals surface area contributed by atoms with Gasteiger partial charge in [-0.2, -0.15) is 0 Å². The molecule has 0 aliphatic carbocycles. The minimum atomic E-state index is 0.558. The van der Waals surface area contributed by atoms with Gasteiger partial charge in [-0.3, -0.25) is 4.90 Å². The van der Waals surface area contributed by atoms with Crippen LogP contribution in [-0.4, -0.2) is 41.0 Å². The molecule has 0 radical (unpaired) electrons. The van der Waals surface area contributed by atoms with Crippen LogP contribution in [0.3, 0.4) is 0 Å². The Kier molecular flexibility index (Phi) is 4.08. The molecule has 2 aliphatic heterocycles. The number of para-hydroxylation sites is 1. The van der Waals surface area contributed by atoms with E-state index in [2.05, 4.69) is 51.0 Å². The Morgan fingerprint density at radius 2 is 2.00 bits per heavy atom. The number of aryl methyl sites for hydroxylation is 1. The highest BCUT2D eigenvalue weighted by Gasteiger charge is 2.26. The molecular weight excluding hydrogens is 284 g/mol. The highest BCUT2D eigenvalue weighted by molar-refractivity contribution is 5.54. The first-order chi connectivity index (χ1) is 11.3. The number of imidazole rings is 1. The van der Waals surface area contributed by atoms with Crippen LogP contribution in [0, 0.1) is 6.92 Å². The van der Waals surface area contributed by atoms with E-state index in [0.29, 0.717) is 5.92 Å². The van der Waals surface area contributed by atoms with E-state index in [0.717, 1.165) is 24.6 Å². The Morgan fingerprint density at radius 1 is 1.17 bits per heavy atom. The second-order valence-corrected chi connectivity index (χ2v) is 7.00. The fraction of sp³-hybridized carbons (Fsp3) is 0.526. The van der Waals surface area contributed by atoms with Crippen molar-refractivity contribution < 1.29 is 0 Å². The van der Waals surface area contributed by atoms with Gasteiger partial charge < -0.3 is 9.88 Å². The number of likely N-dealkylation sites (tertiary alicyclic amines) is 1. The third kappa shape index (κ3) is 3.13. The van der Waals surface area contributed by atoms with Crippen molar-refractivity contribution in [2.24, 2.45) is 0 Å². The van der Waals surface area contributed by atoms with Crippen LogP contribution in [0.2, 0.25) is 0 Å². The first-order valence-electron chi connectivity index (χ1n) is 8.86. The van der Waals surface area contributed by atoms with E-state index in [-0.39, 0.29) is 0 Å². The van der Waals surface area contributed by atoms with Crippen LogP contribution >= 0.6 is 0 Å². The summed E-state index contributed by atoms with van der Waals surface area (Å²) in [5.41, 5.74) is 4.09. The number of nitrogens with zero attached hydrogens (tertiary/aromatic N) is 3. The lowest BCUT2D eigenvalue weighted by atomic mass is 10.1. The summed E-state index contributed by atoms with van der Waals surface area (Å²) in [4.78, 5) is 13.1. The molecule has 0 spiro atoms. The van der Waals surface area contributed by atoms with Gasteiger partial charge in [-0.15, -0.1) is 0 Å². The fourth-order valence-electron chi connectivity index (χ4n) is 3.99. The van der Waals surface area contributed by atoms with Gasteiger partial charge in [-0.25, -0.2) is 4.98 Å². The minimum Gasteiger partial charge on any atom is -0.371 e. The molecule has 2 aliphatic rings. The standard InChI is InChI=1S/C19H26N4/c1-15-12-20-19(21-15)17-8-11-22(14-17)13-16-6-2-3-7-18(16)23-9-4-5-10-23/h2-3,6-7,12,17H,4-5,8-11,13-14H2,1H3,(H,20,21). The van der Waals surface area contributed by atoms with Crippen molar-refractivity contribution in [3.8, 4) is 0 Å². The van der Waals surface area contributed by atoms with Gasteiger partial charge >= 0.3 is 0 Å². The zero-order valence-electron chi connectivity index (χ0n) is 14.0. The quantitative estimate of drug-likeness (QED) is 0.941. The number of aromatic nitrogens is 2. The van der Waals surface area contributed by atoms with Gasteiger partial charge in [-0.05, 0) is 44.4 Å². The Bertz CT molecular complexity index is 657. The van der Waals surface area contributed by atoms with Gasteiger partial charge in [0.2, 0.25) is 0 Å². The number of rotatable bonds is 4. The molecule has 122 valence electrons. The fourth-order valence-corrected chi connectivity index (χ4v) is 3.99. The van der Waals surface area contributed by atoms with Gasteiger partial charge in [0.1, 0.15) is 5.82 Å². The van der Waals surface area contributed by atoms with Crippen molar-refractivity contribution in [3.05, 3.63) is 47.5 Å². The molecule has 3 heterocycles. The van der Waals surface area contributed by atoms with Gasteiger partial charge in [0, 0.05) is 49.7 Å². The molecule has 1 atom stereocenters. The largest absolute Gasteiger partial charge is 0.371 e. The van der Waals surface area contributed by atoms with E-state index in [4.69, 9.17) is 0 Å². The highest BCUT2D eigenvalue weighted by atomic mass is 15.2. The molecule has 1 aromatic carbocycles. The van der Waals surface area contributed by atoms with Crippen molar-refractivity contribution in [2.45, 2.75) is 38.6 Å². The number of nitrogens with one attached hydrogen (secondary N) is 1. The summed E-state index contributed by atoms with van der Waals surface area (Å²) < 4.78 is 0. The lowest BCUT2D eigenvalue weighted by Crippen LogP contribution is -2.24. The third-order valence-corrected chi connectivity index (χ3v) is 5.21. The molecule has 4 nitrogen and oxygen atoms in total. The predicted molar refractivity (Wildman–Crippen MR) is 93.8 cm³/mol. The van der Waals surface area contributed by atoms with Crippen molar-refractivity contribution in [3.63, 3.8) is 0 Å². The molecule has 4 rings (SSSR count). The first kappa shape index (κ1) is 14.8. The maximum absolute atomic E-state index is 4.53. The molecule has 2 saturated heterocycles. The maximum Gasteiger partial charge on any atom is 0.110 e. The molecule has 4 heteroatoms. The van der Waals surface area contributed by atoms with E-state index in [1.807, 2.05) is 6.20 Å². The van der Waals surface area contributed by atoms with E-state index in [1.165, 1.54) is 50.1 Å². The van der Waals surface area contributed by atoms with Gasteiger partial charge in [0.15, 0.2) is 0 Å². The zero-order chi connectivity index (χ0) is 15.6. The summed E-state index contributed by atoms with van der Waals surface area (Å²) in [5, 5.41) is 0. The van der Waals surface area contributed by atoms with Crippen LogP contribution in [0.25, 0.3) is 0 Å². The van der Waals surface area contributed by atoms with Gasteiger partial charge in [0.25, 0.3) is 0 Å². The average Bonchev–Trinajstić information content (AvgIpc) is 3.29. The molecule has 0 amide bonds. The molecule has 1 unspecified atom stereocenters. The third-order valence-electron chi connectivity index (χ3n) is 5.21. The summed E-state index contributed by atoms with van der Waals surface area (Å²) in [7, 11) is 0. The van der Waals surface area contributed by atoms with E-state index >= 15 is 0 Å². The Hall–Kier alpha value is -1.81. The summed E-state index contributed by atoms with van der Waals surface area (Å²) >= 11 is 0. The van der Waals surface area contributed by atoms with Crippen LogP contribution < -0.4 is 4.90 Å². The second-order valence-electron chi connectivity index (χ2n) is 7.00. The number of hydrogen-bond acceptors (Lipinski definition) is 3. The highest BCUT2D eigenvalue weighted by Crippen LogP contribution is 2.30. The van der Waals surface area contributed by atoms with E-state index in [1.54, 1.807) is 0 Å². The normalized spacial score (nSPS) is 22.1. The minimum absolute atomic E-state index is 0.558.